The average Bonchev–Trinajstić information content (AvgIpc) is 2.72. The number of piperidine rings is 1. The first-order valence-corrected chi connectivity index (χ1v) is 10.8. The largest absolute Gasteiger partial charge is 0.365 e. The molecule has 2 heterocycles. The van der Waals surface area contributed by atoms with E-state index in [-0.39, 0.29) is 0 Å². The molecule has 0 spiro atoms. The first-order chi connectivity index (χ1) is 13.6. The Labute approximate surface area is 167 Å². The van der Waals surface area contributed by atoms with Crippen LogP contribution in [0.3, 0.4) is 0 Å². The van der Waals surface area contributed by atoms with E-state index in [0.29, 0.717) is 11.6 Å². The fourth-order valence-corrected chi connectivity index (χ4v) is 4.73. The molecule has 4 rings (SSSR count). The minimum atomic E-state index is -0.400. The number of fused-ring (bicyclic) bond motifs is 1. The summed E-state index contributed by atoms with van der Waals surface area (Å²) in [5.74, 6) is 1.21. The SMILES string of the molecule is Cc1ccc2nc(N3CCC(NCC4CCCCC4)CC3)c(C(N)=O)cc2c1. The minimum Gasteiger partial charge on any atom is -0.365 e. The number of benzene rings is 1. The third-order valence-electron chi connectivity index (χ3n) is 6.43. The van der Waals surface area contributed by atoms with E-state index >= 15 is 0 Å². The molecule has 1 saturated heterocycles. The van der Waals surface area contributed by atoms with Gasteiger partial charge in [-0.2, -0.15) is 0 Å². The topological polar surface area (TPSA) is 71.2 Å². The summed E-state index contributed by atoms with van der Waals surface area (Å²) in [5.41, 5.74) is 8.30. The summed E-state index contributed by atoms with van der Waals surface area (Å²) in [6, 6.07) is 8.61. The first kappa shape index (κ1) is 19.2. The van der Waals surface area contributed by atoms with Gasteiger partial charge in [0, 0.05) is 24.5 Å². The molecule has 2 fully saturated rings. The zero-order chi connectivity index (χ0) is 19.5. The summed E-state index contributed by atoms with van der Waals surface area (Å²) in [4.78, 5) is 19.1. The molecule has 1 aromatic carbocycles. The summed E-state index contributed by atoms with van der Waals surface area (Å²) >= 11 is 0. The van der Waals surface area contributed by atoms with Gasteiger partial charge in [-0.1, -0.05) is 30.9 Å². The van der Waals surface area contributed by atoms with Crippen LogP contribution in [0.5, 0.6) is 0 Å². The molecule has 28 heavy (non-hydrogen) atoms. The standard InChI is InChI=1S/C23H32N4O/c1-16-7-8-21-18(13-16)14-20(22(24)28)23(26-21)27-11-9-19(10-12-27)25-15-17-5-3-2-4-6-17/h7-8,13-14,17,19,25H,2-6,9-12,15H2,1H3,(H2,24,28). The molecule has 0 radical (unpaired) electrons. The van der Waals surface area contributed by atoms with Crippen molar-refractivity contribution in [2.75, 3.05) is 24.5 Å². The number of hydrogen-bond acceptors (Lipinski definition) is 4. The normalized spacial score (nSPS) is 19.2. The molecule has 0 atom stereocenters. The molecule has 1 amide bonds. The Morgan fingerprint density at radius 1 is 1.14 bits per heavy atom. The van der Waals surface area contributed by atoms with Crippen LogP contribution in [0.2, 0.25) is 0 Å². The number of carbonyl (C=O) groups is 1. The molecule has 150 valence electrons. The average molecular weight is 381 g/mol. The lowest BCUT2D eigenvalue weighted by Crippen LogP contribution is -2.44. The molecule has 1 saturated carbocycles. The maximum atomic E-state index is 12.1. The molecule has 1 aliphatic heterocycles. The Morgan fingerprint density at radius 3 is 2.61 bits per heavy atom. The Balaban J connectivity index is 1.43. The van der Waals surface area contributed by atoms with E-state index in [0.717, 1.165) is 60.7 Å². The van der Waals surface area contributed by atoms with E-state index in [9.17, 15) is 4.79 Å². The highest BCUT2D eigenvalue weighted by atomic mass is 16.1. The lowest BCUT2D eigenvalue weighted by atomic mass is 9.89. The number of primary amides is 1. The van der Waals surface area contributed by atoms with Crippen LogP contribution >= 0.6 is 0 Å². The van der Waals surface area contributed by atoms with Crippen LogP contribution in [0.15, 0.2) is 24.3 Å². The van der Waals surface area contributed by atoms with E-state index in [2.05, 4.69) is 22.3 Å². The number of anilines is 1. The molecular weight excluding hydrogens is 348 g/mol. The van der Waals surface area contributed by atoms with Crippen molar-refractivity contribution in [2.45, 2.75) is 57.9 Å². The maximum Gasteiger partial charge on any atom is 0.252 e. The highest BCUT2D eigenvalue weighted by Crippen LogP contribution is 2.27. The van der Waals surface area contributed by atoms with E-state index in [1.54, 1.807) is 0 Å². The number of amides is 1. The van der Waals surface area contributed by atoms with Gasteiger partial charge >= 0.3 is 0 Å². The lowest BCUT2D eigenvalue weighted by Gasteiger charge is -2.35. The predicted octanol–water partition coefficient (Wildman–Crippen LogP) is 3.78. The molecule has 2 aromatic rings. The van der Waals surface area contributed by atoms with Gasteiger partial charge in [-0.15, -0.1) is 0 Å². The van der Waals surface area contributed by atoms with Crippen LogP contribution in [0.1, 0.15) is 60.9 Å². The molecule has 5 nitrogen and oxygen atoms in total. The third-order valence-corrected chi connectivity index (χ3v) is 6.43. The Hall–Kier alpha value is -2.14. The molecule has 3 N–H and O–H groups in total. The molecule has 0 bridgehead atoms. The fraction of sp³-hybridized carbons (Fsp3) is 0.565. The van der Waals surface area contributed by atoms with Crippen molar-refractivity contribution >= 4 is 22.6 Å². The zero-order valence-corrected chi connectivity index (χ0v) is 16.9. The highest BCUT2D eigenvalue weighted by molar-refractivity contribution is 6.01. The number of hydrogen-bond donors (Lipinski definition) is 2. The molecule has 1 aliphatic carbocycles. The smallest absolute Gasteiger partial charge is 0.252 e. The number of aryl methyl sites for hydroxylation is 1. The van der Waals surface area contributed by atoms with Crippen molar-refractivity contribution < 1.29 is 4.79 Å². The van der Waals surface area contributed by atoms with Gasteiger partial charge in [-0.05, 0) is 63.3 Å². The van der Waals surface area contributed by atoms with Gasteiger partial charge in [0.25, 0.3) is 5.91 Å². The van der Waals surface area contributed by atoms with Crippen LogP contribution < -0.4 is 16.0 Å². The second-order valence-electron chi connectivity index (χ2n) is 8.59. The van der Waals surface area contributed by atoms with Gasteiger partial charge in [0.1, 0.15) is 5.82 Å². The number of nitrogens with two attached hydrogens (primary N) is 1. The molecule has 0 unspecified atom stereocenters. The van der Waals surface area contributed by atoms with Gasteiger partial charge < -0.3 is 16.0 Å². The second-order valence-corrected chi connectivity index (χ2v) is 8.59. The summed E-state index contributed by atoms with van der Waals surface area (Å²) < 4.78 is 0. The number of rotatable bonds is 5. The van der Waals surface area contributed by atoms with Gasteiger partial charge in [-0.3, -0.25) is 4.79 Å². The Kier molecular flexibility index (Phi) is 5.81. The minimum absolute atomic E-state index is 0.400. The highest BCUT2D eigenvalue weighted by Gasteiger charge is 2.24. The van der Waals surface area contributed by atoms with Crippen LogP contribution in [0.25, 0.3) is 10.9 Å². The molecular formula is C23H32N4O. The number of nitrogens with one attached hydrogen (secondary N) is 1. The van der Waals surface area contributed by atoms with Gasteiger partial charge in [0.2, 0.25) is 0 Å². The molecule has 5 heteroatoms. The summed E-state index contributed by atoms with van der Waals surface area (Å²) in [7, 11) is 0. The fourth-order valence-electron chi connectivity index (χ4n) is 4.73. The predicted molar refractivity (Wildman–Crippen MR) is 115 cm³/mol. The van der Waals surface area contributed by atoms with Crippen LogP contribution in [0, 0.1) is 12.8 Å². The van der Waals surface area contributed by atoms with Gasteiger partial charge in [0.05, 0.1) is 11.1 Å². The van der Waals surface area contributed by atoms with Gasteiger partial charge in [-0.25, -0.2) is 4.98 Å². The van der Waals surface area contributed by atoms with Crippen molar-refractivity contribution in [3.63, 3.8) is 0 Å². The van der Waals surface area contributed by atoms with Crippen molar-refractivity contribution in [1.29, 1.82) is 0 Å². The van der Waals surface area contributed by atoms with Crippen molar-refractivity contribution in [3.05, 3.63) is 35.4 Å². The van der Waals surface area contributed by atoms with Crippen LogP contribution in [0.4, 0.5) is 5.82 Å². The van der Waals surface area contributed by atoms with Crippen LogP contribution in [-0.2, 0) is 0 Å². The number of nitrogens with zero attached hydrogens (tertiary/aromatic N) is 2. The summed E-state index contributed by atoms with van der Waals surface area (Å²) in [6.07, 6.45) is 9.14. The number of aromatic nitrogens is 1. The second kappa shape index (κ2) is 8.48. The number of carbonyl (C=O) groups excluding carboxylic acids is 1. The quantitative estimate of drug-likeness (QED) is 0.828. The molecule has 2 aliphatic rings. The zero-order valence-electron chi connectivity index (χ0n) is 16.9. The third kappa shape index (κ3) is 4.30. The van der Waals surface area contributed by atoms with E-state index < -0.39 is 5.91 Å². The van der Waals surface area contributed by atoms with Crippen molar-refractivity contribution in [1.82, 2.24) is 10.3 Å². The van der Waals surface area contributed by atoms with E-state index in [4.69, 9.17) is 10.7 Å². The monoisotopic (exact) mass is 380 g/mol. The van der Waals surface area contributed by atoms with Crippen LogP contribution in [-0.4, -0.2) is 36.6 Å². The first-order valence-electron chi connectivity index (χ1n) is 10.8. The number of pyridine rings is 1. The Bertz CT molecular complexity index is 836. The maximum absolute atomic E-state index is 12.1. The van der Waals surface area contributed by atoms with Crippen molar-refractivity contribution in [3.8, 4) is 0 Å². The molecule has 1 aromatic heterocycles. The summed E-state index contributed by atoms with van der Waals surface area (Å²) in [6.45, 7) is 5.02. The lowest BCUT2D eigenvalue weighted by molar-refractivity contribution is 0.100. The van der Waals surface area contributed by atoms with E-state index in [1.807, 2.05) is 19.1 Å². The van der Waals surface area contributed by atoms with Gasteiger partial charge in [0.15, 0.2) is 0 Å². The van der Waals surface area contributed by atoms with Crippen molar-refractivity contribution in [2.24, 2.45) is 11.7 Å². The Morgan fingerprint density at radius 2 is 1.89 bits per heavy atom. The summed E-state index contributed by atoms with van der Waals surface area (Å²) in [5, 5.41) is 4.77. The van der Waals surface area contributed by atoms with E-state index in [1.165, 1.54) is 32.1 Å².